The summed E-state index contributed by atoms with van der Waals surface area (Å²) in [5.74, 6) is 1.01. The average Bonchev–Trinajstić information content (AvgIpc) is 2.48. The molecule has 0 aliphatic rings. The molecule has 128 valence electrons. The van der Waals surface area contributed by atoms with Crippen LogP contribution in [0.2, 0.25) is 0 Å². The predicted molar refractivity (Wildman–Crippen MR) is 106 cm³/mol. The zero-order chi connectivity index (χ0) is 15.8. The Labute approximate surface area is 148 Å². The Hall–Kier alpha value is 0.690. The van der Waals surface area contributed by atoms with Crippen LogP contribution in [0.1, 0.15) is 104 Å². The maximum atomic E-state index is 5.53. The second kappa shape index (κ2) is 17.1. The van der Waals surface area contributed by atoms with Crippen molar-refractivity contribution in [2.75, 3.05) is 6.54 Å². The Bertz CT molecular complexity index is 196. The molecule has 2 N–H and O–H groups in total. The number of nitrogens with two attached hydrogens (primary N) is 1. The van der Waals surface area contributed by atoms with Crippen LogP contribution in [0.15, 0.2) is 0 Å². The van der Waals surface area contributed by atoms with Gasteiger partial charge in [-0.25, -0.2) is 0 Å². The fourth-order valence-electron chi connectivity index (χ4n) is 3.14. The van der Waals surface area contributed by atoms with Crippen LogP contribution in [-0.2, 0) is 0 Å². The van der Waals surface area contributed by atoms with E-state index in [1.807, 2.05) is 0 Å². The van der Waals surface area contributed by atoms with Crippen molar-refractivity contribution in [1.82, 2.24) is 0 Å². The molecule has 0 amide bonds. The van der Waals surface area contributed by atoms with Crippen LogP contribution in [-0.4, -0.2) is 10.5 Å². The maximum absolute atomic E-state index is 5.53. The monoisotopic (exact) mass is 409 g/mol. The van der Waals surface area contributed by atoms with E-state index < -0.39 is 0 Å². The standard InChI is InChI=1S/C19H40IN/c1-3-5-13-18(12-4-2)14-9-10-16-19(20)15-8-6-7-11-17-21/h18-19H,3-17,21H2,1-2H3/t18?,19-/m1/s1. The van der Waals surface area contributed by atoms with Crippen molar-refractivity contribution < 1.29 is 0 Å². The molecule has 0 aliphatic carbocycles. The summed E-state index contributed by atoms with van der Waals surface area (Å²) in [7, 11) is 0. The highest BCUT2D eigenvalue weighted by Gasteiger charge is 2.08. The van der Waals surface area contributed by atoms with Gasteiger partial charge in [-0.15, -0.1) is 0 Å². The molecule has 0 saturated carbocycles. The zero-order valence-electron chi connectivity index (χ0n) is 14.7. The molecule has 0 rings (SSSR count). The van der Waals surface area contributed by atoms with Crippen molar-refractivity contribution in [3.05, 3.63) is 0 Å². The minimum atomic E-state index is 0.866. The van der Waals surface area contributed by atoms with Crippen molar-refractivity contribution in [3.8, 4) is 0 Å². The van der Waals surface area contributed by atoms with E-state index >= 15 is 0 Å². The first-order valence-corrected chi connectivity index (χ1v) is 10.8. The topological polar surface area (TPSA) is 26.0 Å². The summed E-state index contributed by atoms with van der Waals surface area (Å²) in [6.07, 6.45) is 19.6. The smallest absolute Gasteiger partial charge is 0.0110 e. The molecule has 0 spiro atoms. The number of rotatable bonds is 16. The summed E-state index contributed by atoms with van der Waals surface area (Å²) in [4.78, 5) is 0. The van der Waals surface area contributed by atoms with Crippen molar-refractivity contribution in [3.63, 3.8) is 0 Å². The minimum absolute atomic E-state index is 0.866. The highest BCUT2D eigenvalue weighted by atomic mass is 127. The van der Waals surface area contributed by atoms with Crippen molar-refractivity contribution in [2.45, 2.75) is 108 Å². The van der Waals surface area contributed by atoms with E-state index in [2.05, 4.69) is 36.4 Å². The van der Waals surface area contributed by atoms with Crippen LogP contribution in [0.4, 0.5) is 0 Å². The zero-order valence-corrected chi connectivity index (χ0v) is 16.9. The van der Waals surface area contributed by atoms with Crippen LogP contribution in [0.5, 0.6) is 0 Å². The molecular weight excluding hydrogens is 369 g/mol. The molecule has 0 aromatic heterocycles. The SMILES string of the molecule is CCCCC(CCC)CCCC[C@H](I)CCCCCCN. The second-order valence-electron chi connectivity index (χ2n) is 6.67. The second-order valence-corrected chi connectivity index (χ2v) is 8.43. The lowest BCUT2D eigenvalue weighted by Crippen LogP contribution is -2.02. The lowest BCUT2D eigenvalue weighted by molar-refractivity contribution is 0.384. The normalized spacial score (nSPS) is 14.3. The average molecular weight is 409 g/mol. The van der Waals surface area contributed by atoms with Gasteiger partial charge in [0.05, 0.1) is 0 Å². The van der Waals surface area contributed by atoms with E-state index in [1.165, 1.54) is 89.9 Å². The predicted octanol–water partition coefficient (Wildman–Crippen LogP) is 6.87. The van der Waals surface area contributed by atoms with Gasteiger partial charge in [0, 0.05) is 3.92 Å². The number of hydrogen-bond donors (Lipinski definition) is 1. The van der Waals surface area contributed by atoms with Gasteiger partial charge in [-0.05, 0) is 31.7 Å². The van der Waals surface area contributed by atoms with Gasteiger partial charge in [-0.3, -0.25) is 0 Å². The number of halogens is 1. The summed E-state index contributed by atoms with van der Waals surface area (Å²) in [6.45, 7) is 5.52. The Morgan fingerprint density at radius 3 is 1.86 bits per heavy atom. The summed E-state index contributed by atoms with van der Waals surface area (Å²) < 4.78 is 0.903. The molecule has 1 nitrogen and oxygen atoms in total. The third-order valence-electron chi connectivity index (χ3n) is 4.51. The third kappa shape index (κ3) is 15.4. The molecule has 0 bridgehead atoms. The van der Waals surface area contributed by atoms with Gasteiger partial charge in [-0.2, -0.15) is 0 Å². The highest BCUT2D eigenvalue weighted by molar-refractivity contribution is 14.1. The van der Waals surface area contributed by atoms with E-state index in [0.717, 1.165) is 16.4 Å². The third-order valence-corrected chi connectivity index (χ3v) is 5.76. The van der Waals surface area contributed by atoms with Gasteiger partial charge in [0.15, 0.2) is 0 Å². The van der Waals surface area contributed by atoms with E-state index in [1.54, 1.807) is 0 Å². The Kier molecular flexibility index (Phi) is 17.6. The van der Waals surface area contributed by atoms with E-state index in [-0.39, 0.29) is 0 Å². The molecule has 0 saturated heterocycles. The van der Waals surface area contributed by atoms with Crippen molar-refractivity contribution in [2.24, 2.45) is 11.7 Å². The van der Waals surface area contributed by atoms with Gasteiger partial charge < -0.3 is 5.73 Å². The Balaban J connectivity index is 3.48. The molecule has 21 heavy (non-hydrogen) atoms. The highest BCUT2D eigenvalue weighted by Crippen LogP contribution is 2.24. The first-order chi connectivity index (χ1) is 10.2. The van der Waals surface area contributed by atoms with Gasteiger partial charge in [0.2, 0.25) is 0 Å². The van der Waals surface area contributed by atoms with Crippen LogP contribution in [0.3, 0.4) is 0 Å². The molecular formula is C19H40IN. The molecule has 0 aromatic rings. The summed E-state index contributed by atoms with van der Waals surface area (Å²) >= 11 is 2.67. The summed E-state index contributed by atoms with van der Waals surface area (Å²) in [5, 5.41) is 0. The Morgan fingerprint density at radius 2 is 1.24 bits per heavy atom. The van der Waals surface area contributed by atoms with Gasteiger partial charge in [0.1, 0.15) is 0 Å². The van der Waals surface area contributed by atoms with E-state index in [0.29, 0.717) is 0 Å². The Morgan fingerprint density at radius 1 is 0.667 bits per heavy atom. The van der Waals surface area contributed by atoms with Crippen LogP contribution in [0.25, 0.3) is 0 Å². The van der Waals surface area contributed by atoms with E-state index in [9.17, 15) is 0 Å². The largest absolute Gasteiger partial charge is 0.330 e. The molecule has 2 heteroatoms. The van der Waals surface area contributed by atoms with E-state index in [4.69, 9.17) is 5.73 Å². The molecule has 1 unspecified atom stereocenters. The first kappa shape index (κ1) is 21.7. The van der Waals surface area contributed by atoms with Gasteiger partial charge in [-0.1, -0.05) is 107 Å². The summed E-state index contributed by atoms with van der Waals surface area (Å²) in [6, 6.07) is 0. The number of hydrogen-bond acceptors (Lipinski definition) is 1. The van der Waals surface area contributed by atoms with Crippen molar-refractivity contribution >= 4 is 22.6 Å². The fourth-order valence-corrected chi connectivity index (χ4v) is 4.02. The fraction of sp³-hybridized carbons (Fsp3) is 1.00. The van der Waals surface area contributed by atoms with Crippen LogP contribution >= 0.6 is 22.6 Å². The lowest BCUT2D eigenvalue weighted by Gasteiger charge is -2.16. The lowest BCUT2D eigenvalue weighted by atomic mass is 9.91. The van der Waals surface area contributed by atoms with Crippen molar-refractivity contribution in [1.29, 1.82) is 0 Å². The maximum Gasteiger partial charge on any atom is 0.0110 e. The minimum Gasteiger partial charge on any atom is -0.330 e. The summed E-state index contributed by atoms with van der Waals surface area (Å²) in [5.41, 5.74) is 5.53. The molecule has 2 atom stereocenters. The molecule has 0 radical (unpaired) electrons. The quantitative estimate of drug-likeness (QED) is 0.168. The molecule has 0 heterocycles. The number of alkyl halides is 1. The van der Waals surface area contributed by atoms with Crippen LogP contribution in [0, 0.1) is 5.92 Å². The van der Waals surface area contributed by atoms with Crippen LogP contribution < -0.4 is 5.73 Å². The molecule has 0 aromatic carbocycles. The first-order valence-electron chi connectivity index (χ1n) is 9.58. The molecule has 0 fully saturated rings. The number of unbranched alkanes of at least 4 members (excludes halogenated alkanes) is 5. The van der Waals surface area contributed by atoms with Gasteiger partial charge in [0.25, 0.3) is 0 Å². The van der Waals surface area contributed by atoms with Gasteiger partial charge >= 0.3 is 0 Å². The molecule has 0 aliphatic heterocycles.